The van der Waals surface area contributed by atoms with Crippen LogP contribution in [0.25, 0.3) is 0 Å². The molecule has 1 aliphatic carbocycles. The number of hydrogen-bond acceptors (Lipinski definition) is 4. The lowest BCUT2D eigenvalue weighted by atomic mass is 10.2. The van der Waals surface area contributed by atoms with Crippen LogP contribution in [0, 0.1) is 5.92 Å². The Morgan fingerprint density at radius 2 is 1.81 bits per heavy atom. The number of nitrogens with zero attached hydrogens (tertiary/aromatic N) is 1. The van der Waals surface area contributed by atoms with Gasteiger partial charge in [0.1, 0.15) is 5.75 Å². The number of ether oxygens (including phenoxy) is 1. The third-order valence-electron chi connectivity index (χ3n) is 5.23. The van der Waals surface area contributed by atoms with E-state index in [9.17, 15) is 4.79 Å². The molecule has 0 spiro atoms. The first-order valence-electron chi connectivity index (χ1n) is 10.8. The van der Waals surface area contributed by atoms with E-state index in [1.807, 2.05) is 42.5 Å². The topological polar surface area (TPSA) is 87.9 Å². The lowest BCUT2D eigenvalue weighted by Gasteiger charge is -2.15. The van der Waals surface area contributed by atoms with Gasteiger partial charge in [-0.1, -0.05) is 30.3 Å². The number of benzene rings is 2. The Morgan fingerprint density at radius 3 is 2.53 bits per heavy atom. The van der Waals surface area contributed by atoms with E-state index in [4.69, 9.17) is 9.15 Å². The lowest BCUT2D eigenvalue weighted by molar-refractivity contribution is 0.0996. The lowest BCUT2D eigenvalue weighted by Crippen LogP contribution is -2.36. The van der Waals surface area contributed by atoms with Crippen molar-refractivity contribution in [2.45, 2.75) is 25.9 Å². The summed E-state index contributed by atoms with van der Waals surface area (Å²) in [5.41, 5.74) is 2.88. The van der Waals surface area contributed by atoms with Crippen molar-refractivity contribution in [1.82, 2.24) is 10.6 Å². The molecule has 0 saturated heterocycles. The van der Waals surface area contributed by atoms with E-state index in [1.54, 1.807) is 19.2 Å². The van der Waals surface area contributed by atoms with Crippen LogP contribution >= 0.6 is 0 Å². The van der Waals surface area contributed by atoms with Crippen LogP contribution in [-0.2, 0) is 13.1 Å². The van der Waals surface area contributed by atoms with Crippen molar-refractivity contribution in [2.24, 2.45) is 10.9 Å². The van der Waals surface area contributed by atoms with Crippen LogP contribution in [0.5, 0.6) is 5.75 Å². The molecule has 0 unspecified atom stereocenters. The Bertz CT molecular complexity index is 1040. The molecule has 1 amide bonds. The van der Waals surface area contributed by atoms with Crippen molar-refractivity contribution in [1.29, 1.82) is 0 Å². The molecule has 0 atom stereocenters. The summed E-state index contributed by atoms with van der Waals surface area (Å²) >= 11 is 0. The second kappa shape index (κ2) is 10.5. The van der Waals surface area contributed by atoms with Crippen LogP contribution in [0.1, 0.15) is 34.5 Å². The SMILES string of the molecule is CN=C(NCc1ccc(NC(=O)c2ccco2)cc1)NCc1ccccc1OCC1CC1. The average Bonchev–Trinajstić information content (AvgIpc) is 3.49. The van der Waals surface area contributed by atoms with Crippen LogP contribution in [0.2, 0.25) is 0 Å². The van der Waals surface area contributed by atoms with Gasteiger partial charge in [0.05, 0.1) is 12.9 Å². The minimum absolute atomic E-state index is 0.271. The van der Waals surface area contributed by atoms with E-state index in [2.05, 4.69) is 27.0 Å². The highest BCUT2D eigenvalue weighted by molar-refractivity contribution is 6.02. The first-order valence-corrected chi connectivity index (χ1v) is 10.8. The highest BCUT2D eigenvalue weighted by atomic mass is 16.5. The molecule has 0 aliphatic heterocycles. The molecule has 7 nitrogen and oxygen atoms in total. The van der Waals surface area contributed by atoms with Crippen molar-refractivity contribution in [3.63, 3.8) is 0 Å². The Balaban J connectivity index is 1.25. The zero-order valence-electron chi connectivity index (χ0n) is 18.1. The summed E-state index contributed by atoms with van der Waals surface area (Å²) in [5.74, 6) is 2.36. The van der Waals surface area contributed by atoms with Gasteiger partial charge in [0, 0.05) is 31.4 Å². The fourth-order valence-electron chi connectivity index (χ4n) is 3.17. The third-order valence-corrected chi connectivity index (χ3v) is 5.23. The molecule has 1 heterocycles. The van der Waals surface area contributed by atoms with Gasteiger partial charge in [-0.3, -0.25) is 9.79 Å². The van der Waals surface area contributed by atoms with Crippen LogP contribution < -0.4 is 20.7 Å². The van der Waals surface area contributed by atoms with Gasteiger partial charge >= 0.3 is 0 Å². The molecule has 2 aromatic carbocycles. The number of anilines is 1. The minimum atomic E-state index is -0.271. The summed E-state index contributed by atoms with van der Waals surface area (Å²) < 4.78 is 11.1. The minimum Gasteiger partial charge on any atom is -0.493 e. The van der Waals surface area contributed by atoms with Gasteiger partial charge in [-0.05, 0) is 54.7 Å². The van der Waals surface area contributed by atoms with Gasteiger partial charge in [0.25, 0.3) is 5.91 Å². The smallest absolute Gasteiger partial charge is 0.291 e. The molecule has 1 saturated carbocycles. The number of nitrogens with one attached hydrogen (secondary N) is 3. The molecule has 1 fully saturated rings. The maximum Gasteiger partial charge on any atom is 0.291 e. The summed E-state index contributed by atoms with van der Waals surface area (Å²) in [5, 5.41) is 9.47. The van der Waals surface area contributed by atoms with Gasteiger partial charge in [-0.25, -0.2) is 0 Å². The fraction of sp³-hybridized carbons (Fsp3) is 0.280. The molecule has 166 valence electrons. The van der Waals surface area contributed by atoms with E-state index in [0.29, 0.717) is 24.7 Å². The van der Waals surface area contributed by atoms with Crippen molar-refractivity contribution in [3.8, 4) is 5.75 Å². The van der Waals surface area contributed by atoms with E-state index >= 15 is 0 Å². The number of furan rings is 1. The number of carbonyl (C=O) groups is 1. The number of amides is 1. The molecule has 0 radical (unpaired) electrons. The summed E-state index contributed by atoms with van der Waals surface area (Å²) in [6.07, 6.45) is 4.02. The number of rotatable bonds is 9. The molecule has 7 heteroatoms. The van der Waals surface area contributed by atoms with Crippen LogP contribution in [0.15, 0.2) is 76.3 Å². The highest BCUT2D eigenvalue weighted by Gasteiger charge is 2.22. The van der Waals surface area contributed by atoms with Crippen molar-refractivity contribution < 1.29 is 13.9 Å². The van der Waals surface area contributed by atoms with E-state index < -0.39 is 0 Å². The average molecular weight is 433 g/mol. The van der Waals surface area contributed by atoms with Crippen molar-refractivity contribution in [3.05, 3.63) is 83.8 Å². The standard InChI is InChI=1S/C25H28N4O3/c1-26-25(28-16-20-5-2-3-6-22(20)32-17-19-8-9-19)27-15-18-10-12-21(13-11-18)29-24(30)23-7-4-14-31-23/h2-7,10-14,19H,8-9,15-17H2,1H3,(H,29,30)(H2,26,27,28). The van der Waals surface area contributed by atoms with Gasteiger partial charge < -0.3 is 25.1 Å². The van der Waals surface area contributed by atoms with E-state index in [-0.39, 0.29) is 11.7 Å². The summed E-state index contributed by atoms with van der Waals surface area (Å²) in [7, 11) is 1.75. The van der Waals surface area contributed by atoms with Crippen molar-refractivity contribution >= 4 is 17.6 Å². The summed E-state index contributed by atoms with van der Waals surface area (Å²) in [6, 6.07) is 19.1. The van der Waals surface area contributed by atoms with Gasteiger partial charge in [0.2, 0.25) is 0 Å². The Morgan fingerprint density at radius 1 is 1.03 bits per heavy atom. The molecular weight excluding hydrogens is 404 g/mol. The van der Waals surface area contributed by atoms with Crippen LogP contribution in [0.3, 0.4) is 0 Å². The third kappa shape index (κ3) is 6.14. The quantitative estimate of drug-likeness (QED) is 0.349. The molecule has 32 heavy (non-hydrogen) atoms. The maximum atomic E-state index is 12.1. The Kier molecular flexibility index (Phi) is 7.07. The van der Waals surface area contributed by atoms with Crippen LogP contribution in [0.4, 0.5) is 5.69 Å². The maximum absolute atomic E-state index is 12.1. The molecule has 4 rings (SSSR count). The second-order valence-corrected chi connectivity index (χ2v) is 7.77. The van der Waals surface area contributed by atoms with E-state index in [1.165, 1.54) is 19.1 Å². The summed E-state index contributed by atoms with van der Waals surface area (Å²) in [6.45, 7) is 2.02. The zero-order chi connectivity index (χ0) is 22.2. The summed E-state index contributed by atoms with van der Waals surface area (Å²) in [4.78, 5) is 16.4. The predicted molar refractivity (Wildman–Crippen MR) is 125 cm³/mol. The molecule has 3 N–H and O–H groups in total. The van der Waals surface area contributed by atoms with Gasteiger partial charge in [-0.15, -0.1) is 0 Å². The van der Waals surface area contributed by atoms with Crippen LogP contribution in [-0.4, -0.2) is 25.5 Å². The molecule has 3 aromatic rings. The number of carbonyl (C=O) groups excluding carboxylic acids is 1. The molecule has 1 aromatic heterocycles. The Hall–Kier alpha value is -3.74. The van der Waals surface area contributed by atoms with Gasteiger partial charge in [-0.2, -0.15) is 0 Å². The highest BCUT2D eigenvalue weighted by Crippen LogP contribution is 2.30. The first kappa shape index (κ1) is 21.5. The van der Waals surface area contributed by atoms with Gasteiger partial charge in [0.15, 0.2) is 11.7 Å². The number of para-hydroxylation sites is 1. The normalized spacial score (nSPS) is 13.5. The van der Waals surface area contributed by atoms with Crippen molar-refractivity contribution in [2.75, 3.05) is 19.0 Å². The number of aliphatic imine (C=N–C) groups is 1. The first-order chi connectivity index (χ1) is 15.7. The fourth-order valence-corrected chi connectivity index (χ4v) is 3.17. The number of hydrogen-bond donors (Lipinski definition) is 3. The molecule has 1 aliphatic rings. The second-order valence-electron chi connectivity index (χ2n) is 7.77. The van der Waals surface area contributed by atoms with E-state index in [0.717, 1.165) is 29.4 Å². The molecule has 0 bridgehead atoms. The molecular formula is C25H28N4O3. The number of guanidine groups is 1. The zero-order valence-corrected chi connectivity index (χ0v) is 18.1. The largest absolute Gasteiger partial charge is 0.493 e. The Labute approximate surface area is 187 Å². The predicted octanol–water partition coefficient (Wildman–Crippen LogP) is 4.19. The monoisotopic (exact) mass is 432 g/mol.